The van der Waals surface area contributed by atoms with Crippen molar-refractivity contribution in [3.63, 3.8) is 0 Å². The van der Waals surface area contributed by atoms with Gasteiger partial charge in [-0.3, -0.25) is 14.5 Å². The molecule has 0 aromatic rings. The van der Waals surface area contributed by atoms with Crippen LogP contribution in [-0.4, -0.2) is 77.4 Å². The van der Waals surface area contributed by atoms with Gasteiger partial charge in [0, 0.05) is 32.7 Å². The smallest absolute Gasteiger partial charge is 0.325 e. The van der Waals surface area contributed by atoms with Crippen molar-refractivity contribution in [3.8, 4) is 0 Å². The predicted molar refractivity (Wildman–Crippen MR) is 98.5 cm³/mol. The minimum atomic E-state index is -0.802. The van der Waals surface area contributed by atoms with Crippen molar-refractivity contribution in [2.45, 2.75) is 57.9 Å². The largest absolute Gasteiger partial charge is 0.341 e. The van der Waals surface area contributed by atoms with Crippen molar-refractivity contribution >= 4 is 17.8 Å². The van der Waals surface area contributed by atoms with Crippen LogP contribution >= 0.6 is 0 Å². The van der Waals surface area contributed by atoms with Crippen molar-refractivity contribution in [3.05, 3.63) is 0 Å². The fourth-order valence-electron chi connectivity index (χ4n) is 4.35. The Morgan fingerprint density at radius 2 is 1.65 bits per heavy atom. The second kappa shape index (κ2) is 7.94. The van der Waals surface area contributed by atoms with Gasteiger partial charge >= 0.3 is 6.03 Å². The Balaban J connectivity index is 1.59. The number of likely N-dealkylation sites (tertiary alicyclic amines) is 2. The highest BCUT2D eigenvalue weighted by atomic mass is 16.2. The van der Waals surface area contributed by atoms with E-state index in [2.05, 4.69) is 24.1 Å². The van der Waals surface area contributed by atoms with Gasteiger partial charge in [-0.2, -0.15) is 0 Å². The van der Waals surface area contributed by atoms with E-state index in [1.165, 1.54) is 0 Å². The van der Waals surface area contributed by atoms with E-state index in [-0.39, 0.29) is 18.4 Å². The summed E-state index contributed by atoms with van der Waals surface area (Å²) in [7, 11) is 0. The molecule has 0 radical (unpaired) electrons. The van der Waals surface area contributed by atoms with Gasteiger partial charge in [-0.25, -0.2) is 4.79 Å². The van der Waals surface area contributed by atoms with Crippen molar-refractivity contribution in [1.29, 1.82) is 0 Å². The summed E-state index contributed by atoms with van der Waals surface area (Å²) < 4.78 is 0. The Morgan fingerprint density at radius 3 is 2.23 bits per heavy atom. The summed E-state index contributed by atoms with van der Waals surface area (Å²) in [6.45, 7) is 8.33. The van der Waals surface area contributed by atoms with E-state index < -0.39 is 11.6 Å². The van der Waals surface area contributed by atoms with Crippen LogP contribution in [0.4, 0.5) is 4.79 Å². The Bertz CT molecular complexity index is 547. The van der Waals surface area contributed by atoms with E-state index in [9.17, 15) is 14.4 Å². The molecule has 0 saturated carbocycles. The molecule has 3 saturated heterocycles. The molecule has 146 valence electrons. The summed E-state index contributed by atoms with van der Waals surface area (Å²) in [5.41, 5.74) is -0.802. The standard InChI is InChI=1S/C19H32N4O3/c1-15(2)13-21-11-7-19(8-12-21)17(25)23(18(26)20-19)14-16(24)22-9-5-3-4-6-10-22/h15H,3-14H2,1-2H3,(H,20,26). The van der Waals surface area contributed by atoms with E-state index in [1.54, 1.807) is 0 Å². The summed E-state index contributed by atoms with van der Waals surface area (Å²) in [5, 5.41) is 2.90. The highest BCUT2D eigenvalue weighted by Crippen LogP contribution is 2.30. The van der Waals surface area contributed by atoms with Crippen LogP contribution in [-0.2, 0) is 9.59 Å². The van der Waals surface area contributed by atoms with Crippen LogP contribution in [0.2, 0.25) is 0 Å². The molecule has 3 aliphatic rings. The Kier molecular flexibility index (Phi) is 5.85. The number of hydrogen-bond acceptors (Lipinski definition) is 4. The molecule has 1 N–H and O–H groups in total. The summed E-state index contributed by atoms with van der Waals surface area (Å²) in [6.07, 6.45) is 5.53. The Hall–Kier alpha value is -1.63. The van der Waals surface area contributed by atoms with Gasteiger partial charge in [-0.15, -0.1) is 0 Å². The lowest BCUT2D eigenvalue weighted by Crippen LogP contribution is -2.55. The molecule has 3 rings (SSSR count). The van der Waals surface area contributed by atoms with Crippen molar-refractivity contribution in [2.75, 3.05) is 39.3 Å². The quantitative estimate of drug-likeness (QED) is 0.766. The zero-order valence-electron chi connectivity index (χ0n) is 16.1. The number of hydrogen-bond donors (Lipinski definition) is 1. The van der Waals surface area contributed by atoms with E-state index in [4.69, 9.17) is 0 Å². The molecule has 7 heteroatoms. The van der Waals surface area contributed by atoms with E-state index in [0.717, 1.165) is 63.3 Å². The number of piperidine rings is 1. The second-order valence-electron chi connectivity index (χ2n) is 8.39. The van der Waals surface area contributed by atoms with Crippen LogP contribution < -0.4 is 5.32 Å². The number of amides is 4. The predicted octanol–water partition coefficient (Wildman–Crippen LogP) is 1.43. The average Bonchev–Trinajstić information content (AvgIpc) is 2.81. The van der Waals surface area contributed by atoms with Crippen molar-refractivity contribution < 1.29 is 14.4 Å². The average molecular weight is 364 g/mol. The lowest BCUT2D eigenvalue weighted by atomic mass is 9.87. The third-order valence-electron chi connectivity index (χ3n) is 5.83. The van der Waals surface area contributed by atoms with Gasteiger partial charge in [-0.05, 0) is 31.6 Å². The fourth-order valence-corrected chi connectivity index (χ4v) is 4.35. The maximum Gasteiger partial charge on any atom is 0.325 e. The number of nitrogens with one attached hydrogen (secondary N) is 1. The zero-order chi connectivity index (χ0) is 18.7. The molecule has 7 nitrogen and oxygen atoms in total. The monoisotopic (exact) mass is 364 g/mol. The number of rotatable bonds is 4. The van der Waals surface area contributed by atoms with Crippen LogP contribution in [0.3, 0.4) is 0 Å². The first-order valence-electron chi connectivity index (χ1n) is 10.1. The first kappa shape index (κ1) is 19.1. The Morgan fingerprint density at radius 1 is 1.04 bits per heavy atom. The number of urea groups is 1. The molecule has 0 aliphatic carbocycles. The lowest BCUT2D eigenvalue weighted by Gasteiger charge is -2.38. The minimum Gasteiger partial charge on any atom is -0.341 e. The maximum atomic E-state index is 13.0. The second-order valence-corrected chi connectivity index (χ2v) is 8.39. The summed E-state index contributed by atoms with van der Waals surface area (Å²) >= 11 is 0. The third-order valence-corrected chi connectivity index (χ3v) is 5.83. The number of nitrogens with zero attached hydrogens (tertiary/aromatic N) is 3. The molecule has 4 amide bonds. The van der Waals surface area contributed by atoms with Crippen LogP contribution in [0, 0.1) is 5.92 Å². The summed E-state index contributed by atoms with van der Waals surface area (Å²) in [5.74, 6) is 0.264. The topological polar surface area (TPSA) is 73.0 Å². The number of imide groups is 1. The van der Waals surface area contributed by atoms with Gasteiger partial charge in [0.1, 0.15) is 12.1 Å². The first-order valence-corrected chi connectivity index (χ1v) is 10.1. The molecule has 0 atom stereocenters. The van der Waals surface area contributed by atoms with Crippen LogP contribution in [0.1, 0.15) is 52.4 Å². The van der Waals surface area contributed by atoms with Gasteiger partial charge < -0.3 is 15.1 Å². The summed E-state index contributed by atoms with van der Waals surface area (Å²) in [6, 6.07) is -0.407. The lowest BCUT2D eigenvalue weighted by molar-refractivity contribution is -0.139. The molecule has 3 heterocycles. The molecular weight excluding hydrogens is 332 g/mol. The van der Waals surface area contributed by atoms with E-state index in [0.29, 0.717) is 18.8 Å². The molecule has 0 bridgehead atoms. The summed E-state index contributed by atoms with van der Waals surface area (Å²) in [4.78, 5) is 43.3. The number of carbonyl (C=O) groups is 3. The number of carbonyl (C=O) groups excluding carboxylic acids is 3. The first-order chi connectivity index (χ1) is 12.4. The molecule has 26 heavy (non-hydrogen) atoms. The van der Waals surface area contributed by atoms with Crippen molar-refractivity contribution in [1.82, 2.24) is 20.0 Å². The van der Waals surface area contributed by atoms with Crippen molar-refractivity contribution in [2.24, 2.45) is 5.92 Å². The van der Waals surface area contributed by atoms with E-state index in [1.807, 2.05) is 4.90 Å². The molecule has 0 aromatic heterocycles. The maximum absolute atomic E-state index is 13.0. The van der Waals surface area contributed by atoms with Crippen LogP contribution in [0.15, 0.2) is 0 Å². The normalized spacial score (nSPS) is 24.3. The van der Waals surface area contributed by atoms with Gasteiger partial charge in [0.25, 0.3) is 5.91 Å². The highest BCUT2D eigenvalue weighted by molar-refractivity contribution is 6.09. The minimum absolute atomic E-state index is 0.107. The van der Waals surface area contributed by atoms with Gasteiger partial charge in [-0.1, -0.05) is 26.7 Å². The fraction of sp³-hybridized carbons (Fsp3) is 0.842. The molecular formula is C19H32N4O3. The molecule has 0 aromatic carbocycles. The third kappa shape index (κ3) is 4.03. The van der Waals surface area contributed by atoms with Gasteiger partial charge in [0.05, 0.1) is 0 Å². The van der Waals surface area contributed by atoms with Crippen LogP contribution in [0.5, 0.6) is 0 Å². The zero-order valence-corrected chi connectivity index (χ0v) is 16.1. The highest BCUT2D eigenvalue weighted by Gasteiger charge is 2.52. The SMILES string of the molecule is CC(C)CN1CCC2(CC1)NC(=O)N(CC(=O)N1CCCCCC1)C2=O. The molecule has 3 fully saturated rings. The molecule has 3 aliphatic heterocycles. The van der Waals surface area contributed by atoms with E-state index >= 15 is 0 Å². The van der Waals surface area contributed by atoms with Crippen LogP contribution in [0.25, 0.3) is 0 Å². The Labute approximate surface area is 156 Å². The molecule has 1 spiro atoms. The van der Waals surface area contributed by atoms with Gasteiger partial charge in [0.15, 0.2) is 0 Å². The molecule has 0 unspecified atom stereocenters. The van der Waals surface area contributed by atoms with Gasteiger partial charge in [0.2, 0.25) is 5.91 Å².